The fourth-order valence-corrected chi connectivity index (χ4v) is 2.32. The SMILES string of the molecule is Cc1ccc(NCc2nc(-c3cccc(Br)c3)no2)cc1. The highest BCUT2D eigenvalue weighted by molar-refractivity contribution is 9.10. The van der Waals surface area contributed by atoms with Gasteiger partial charge in [0.15, 0.2) is 0 Å². The molecule has 21 heavy (non-hydrogen) atoms. The van der Waals surface area contributed by atoms with Crippen molar-refractivity contribution in [1.29, 1.82) is 0 Å². The monoisotopic (exact) mass is 343 g/mol. The normalized spacial score (nSPS) is 10.6. The lowest BCUT2D eigenvalue weighted by Gasteiger charge is -2.02. The van der Waals surface area contributed by atoms with Crippen LogP contribution in [-0.2, 0) is 6.54 Å². The molecule has 0 aliphatic rings. The zero-order valence-electron chi connectivity index (χ0n) is 11.5. The van der Waals surface area contributed by atoms with E-state index in [4.69, 9.17) is 4.52 Å². The van der Waals surface area contributed by atoms with Gasteiger partial charge in [-0.15, -0.1) is 0 Å². The predicted molar refractivity (Wildman–Crippen MR) is 85.9 cm³/mol. The number of nitrogens with one attached hydrogen (secondary N) is 1. The van der Waals surface area contributed by atoms with Gasteiger partial charge < -0.3 is 9.84 Å². The minimum Gasteiger partial charge on any atom is -0.376 e. The maximum absolute atomic E-state index is 5.27. The largest absolute Gasteiger partial charge is 0.376 e. The van der Waals surface area contributed by atoms with Crippen LogP contribution in [0.2, 0.25) is 0 Å². The summed E-state index contributed by atoms with van der Waals surface area (Å²) in [6, 6.07) is 16.0. The number of nitrogens with zero attached hydrogens (tertiary/aromatic N) is 2. The highest BCUT2D eigenvalue weighted by Gasteiger charge is 2.08. The van der Waals surface area contributed by atoms with E-state index in [1.165, 1.54) is 5.56 Å². The molecule has 0 saturated carbocycles. The predicted octanol–water partition coefficient (Wildman–Crippen LogP) is 4.42. The van der Waals surface area contributed by atoms with Gasteiger partial charge in [-0.2, -0.15) is 4.98 Å². The Balaban J connectivity index is 1.69. The van der Waals surface area contributed by atoms with E-state index in [0.29, 0.717) is 18.3 Å². The molecule has 1 aromatic heterocycles. The van der Waals surface area contributed by atoms with Crippen LogP contribution in [0.3, 0.4) is 0 Å². The molecule has 0 saturated heterocycles. The summed E-state index contributed by atoms with van der Waals surface area (Å²) in [6.45, 7) is 2.57. The summed E-state index contributed by atoms with van der Waals surface area (Å²) in [5.74, 6) is 1.16. The van der Waals surface area contributed by atoms with E-state index < -0.39 is 0 Å². The molecule has 106 valence electrons. The van der Waals surface area contributed by atoms with Crippen molar-refractivity contribution in [2.45, 2.75) is 13.5 Å². The van der Waals surface area contributed by atoms with E-state index >= 15 is 0 Å². The summed E-state index contributed by atoms with van der Waals surface area (Å²) < 4.78 is 6.26. The first kappa shape index (κ1) is 13.8. The molecule has 0 spiro atoms. The molecule has 0 amide bonds. The highest BCUT2D eigenvalue weighted by atomic mass is 79.9. The van der Waals surface area contributed by atoms with Crippen LogP contribution >= 0.6 is 15.9 Å². The van der Waals surface area contributed by atoms with Crippen LogP contribution in [0.25, 0.3) is 11.4 Å². The van der Waals surface area contributed by atoms with E-state index in [1.54, 1.807) is 0 Å². The van der Waals surface area contributed by atoms with Gasteiger partial charge in [-0.1, -0.05) is 50.9 Å². The van der Waals surface area contributed by atoms with Gasteiger partial charge >= 0.3 is 0 Å². The Labute approximate surface area is 131 Å². The van der Waals surface area contributed by atoms with E-state index in [1.807, 2.05) is 36.4 Å². The fourth-order valence-electron chi connectivity index (χ4n) is 1.92. The molecule has 0 fully saturated rings. The summed E-state index contributed by atoms with van der Waals surface area (Å²) in [7, 11) is 0. The lowest BCUT2D eigenvalue weighted by Crippen LogP contribution is -1.99. The maximum atomic E-state index is 5.27. The average Bonchev–Trinajstić information content (AvgIpc) is 2.96. The Morgan fingerprint density at radius 2 is 1.95 bits per heavy atom. The Bertz CT molecular complexity index is 737. The van der Waals surface area contributed by atoms with Crippen molar-refractivity contribution in [3.8, 4) is 11.4 Å². The fraction of sp³-hybridized carbons (Fsp3) is 0.125. The summed E-state index contributed by atoms with van der Waals surface area (Å²) in [5.41, 5.74) is 3.19. The second kappa shape index (κ2) is 6.10. The van der Waals surface area contributed by atoms with Gasteiger partial charge in [0.25, 0.3) is 0 Å². The number of hydrogen-bond acceptors (Lipinski definition) is 4. The second-order valence-corrected chi connectivity index (χ2v) is 5.66. The Morgan fingerprint density at radius 1 is 1.14 bits per heavy atom. The first-order valence-corrected chi connectivity index (χ1v) is 7.39. The van der Waals surface area contributed by atoms with E-state index in [0.717, 1.165) is 15.7 Å². The first-order valence-electron chi connectivity index (χ1n) is 6.60. The molecule has 4 nitrogen and oxygen atoms in total. The van der Waals surface area contributed by atoms with Gasteiger partial charge in [-0.05, 0) is 31.2 Å². The number of aromatic nitrogens is 2. The van der Waals surface area contributed by atoms with Crippen LogP contribution < -0.4 is 5.32 Å². The van der Waals surface area contributed by atoms with Crippen LogP contribution in [0.4, 0.5) is 5.69 Å². The van der Waals surface area contributed by atoms with E-state index in [-0.39, 0.29) is 0 Å². The van der Waals surface area contributed by atoms with Crippen molar-refractivity contribution in [2.75, 3.05) is 5.32 Å². The number of benzene rings is 2. The van der Waals surface area contributed by atoms with Crippen LogP contribution in [0.15, 0.2) is 57.5 Å². The molecule has 3 aromatic rings. The number of halogens is 1. The van der Waals surface area contributed by atoms with Crippen LogP contribution in [0, 0.1) is 6.92 Å². The average molecular weight is 344 g/mol. The van der Waals surface area contributed by atoms with Crippen molar-refractivity contribution in [1.82, 2.24) is 10.1 Å². The van der Waals surface area contributed by atoms with Crippen molar-refractivity contribution in [3.63, 3.8) is 0 Å². The third-order valence-electron chi connectivity index (χ3n) is 3.05. The molecule has 0 bridgehead atoms. The molecule has 5 heteroatoms. The molecular formula is C16H14BrN3O. The number of anilines is 1. The quantitative estimate of drug-likeness (QED) is 0.761. The van der Waals surface area contributed by atoms with E-state index in [9.17, 15) is 0 Å². The molecule has 0 radical (unpaired) electrons. The van der Waals surface area contributed by atoms with Gasteiger partial charge in [0.1, 0.15) is 0 Å². The molecular weight excluding hydrogens is 330 g/mol. The number of aryl methyl sites for hydroxylation is 1. The number of hydrogen-bond donors (Lipinski definition) is 1. The third kappa shape index (κ3) is 3.49. The minimum atomic E-state index is 0.504. The van der Waals surface area contributed by atoms with Gasteiger partial charge in [0.05, 0.1) is 6.54 Å². The van der Waals surface area contributed by atoms with Crippen molar-refractivity contribution < 1.29 is 4.52 Å². The zero-order chi connectivity index (χ0) is 14.7. The van der Waals surface area contributed by atoms with Gasteiger partial charge in [0.2, 0.25) is 11.7 Å². The van der Waals surface area contributed by atoms with Crippen molar-refractivity contribution in [3.05, 3.63) is 64.5 Å². The Morgan fingerprint density at radius 3 is 2.71 bits per heavy atom. The zero-order valence-corrected chi connectivity index (χ0v) is 13.1. The molecule has 0 atom stereocenters. The summed E-state index contributed by atoms with van der Waals surface area (Å²) >= 11 is 3.43. The molecule has 3 rings (SSSR count). The first-order chi connectivity index (χ1) is 10.2. The smallest absolute Gasteiger partial charge is 0.246 e. The van der Waals surface area contributed by atoms with Gasteiger partial charge in [0, 0.05) is 15.7 Å². The molecule has 1 N–H and O–H groups in total. The minimum absolute atomic E-state index is 0.504. The standard InChI is InChI=1S/C16H14BrN3O/c1-11-5-7-14(8-6-11)18-10-15-19-16(20-21-15)12-3-2-4-13(17)9-12/h2-9,18H,10H2,1H3. The maximum Gasteiger partial charge on any atom is 0.246 e. The molecule has 0 unspecified atom stereocenters. The molecule has 0 aliphatic carbocycles. The van der Waals surface area contributed by atoms with Crippen LogP contribution in [0.1, 0.15) is 11.5 Å². The van der Waals surface area contributed by atoms with Crippen LogP contribution in [-0.4, -0.2) is 10.1 Å². The lowest BCUT2D eigenvalue weighted by atomic mass is 10.2. The van der Waals surface area contributed by atoms with Gasteiger partial charge in [-0.3, -0.25) is 0 Å². The Hall–Kier alpha value is -2.14. The molecule has 1 heterocycles. The summed E-state index contributed by atoms with van der Waals surface area (Å²) in [6.07, 6.45) is 0. The molecule has 2 aromatic carbocycles. The van der Waals surface area contributed by atoms with Crippen molar-refractivity contribution in [2.24, 2.45) is 0 Å². The Kier molecular flexibility index (Phi) is 4.01. The highest BCUT2D eigenvalue weighted by Crippen LogP contribution is 2.20. The second-order valence-electron chi connectivity index (χ2n) is 4.74. The van der Waals surface area contributed by atoms with Crippen LogP contribution in [0.5, 0.6) is 0 Å². The molecule has 0 aliphatic heterocycles. The van der Waals surface area contributed by atoms with Gasteiger partial charge in [-0.25, -0.2) is 0 Å². The summed E-state index contributed by atoms with van der Waals surface area (Å²) in [4.78, 5) is 4.39. The van der Waals surface area contributed by atoms with E-state index in [2.05, 4.69) is 50.4 Å². The third-order valence-corrected chi connectivity index (χ3v) is 3.54. The van der Waals surface area contributed by atoms with Crippen molar-refractivity contribution >= 4 is 21.6 Å². The number of rotatable bonds is 4. The topological polar surface area (TPSA) is 51.0 Å². The lowest BCUT2D eigenvalue weighted by molar-refractivity contribution is 0.384. The summed E-state index contributed by atoms with van der Waals surface area (Å²) in [5, 5.41) is 7.27.